The van der Waals surface area contributed by atoms with E-state index in [4.69, 9.17) is 4.55 Å². The topological polar surface area (TPSA) is 57.6 Å². The Kier molecular flexibility index (Phi) is 1.87. The molecular weight excluding hydrogens is 190 g/mol. The van der Waals surface area contributed by atoms with Crippen LogP contribution in [0.5, 0.6) is 0 Å². The minimum absolute atomic E-state index is 0.273. The van der Waals surface area contributed by atoms with Gasteiger partial charge in [-0.3, -0.25) is 4.55 Å². The monoisotopic (exact) mass is 199 g/mol. The Morgan fingerprint density at radius 1 is 1.15 bits per heavy atom. The molecule has 0 saturated heterocycles. The zero-order chi connectivity index (χ0) is 9.47. The van der Waals surface area contributed by atoms with E-state index in [0.29, 0.717) is 0 Å². The first-order valence-electron chi connectivity index (χ1n) is 3.87. The van der Waals surface area contributed by atoms with Gasteiger partial charge in [0.1, 0.15) is 0 Å². The minimum Gasteiger partial charge on any atom is -0.273 e. The van der Waals surface area contributed by atoms with Gasteiger partial charge in [-0.2, -0.15) is 12.7 Å². The van der Waals surface area contributed by atoms with Crippen molar-refractivity contribution in [3.8, 4) is 0 Å². The van der Waals surface area contributed by atoms with E-state index in [9.17, 15) is 8.42 Å². The molecular formula is C8H9NO3S. The van der Waals surface area contributed by atoms with Crippen LogP contribution in [0.15, 0.2) is 24.3 Å². The molecule has 0 radical (unpaired) electrons. The van der Waals surface area contributed by atoms with Crippen LogP contribution in [-0.2, 0) is 23.4 Å². The fourth-order valence-corrected chi connectivity index (χ4v) is 2.07. The third kappa shape index (κ3) is 1.58. The summed E-state index contributed by atoms with van der Waals surface area (Å²) >= 11 is 0. The van der Waals surface area contributed by atoms with E-state index in [1.807, 2.05) is 24.3 Å². The van der Waals surface area contributed by atoms with E-state index in [1.54, 1.807) is 0 Å². The van der Waals surface area contributed by atoms with E-state index in [0.717, 1.165) is 15.4 Å². The van der Waals surface area contributed by atoms with Crippen molar-refractivity contribution in [2.75, 3.05) is 0 Å². The summed E-state index contributed by atoms with van der Waals surface area (Å²) in [6.07, 6.45) is 0. The lowest BCUT2D eigenvalue weighted by molar-refractivity contribution is 0.360. The molecule has 5 heteroatoms. The lowest BCUT2D eigenvalue weighted by Gasteiger charge is -2.08. The maximum atomic E-state index is 10.8. The molecule has 1 aromatic carbocycles. The third-order valence-corrected chi connectivity index (χ3v) is 3.05. The predicted molar refractivity (Wildman–Crippen MR) is 47.2 cm³/mol. The van der Waals surface area contributed by atoms with Gasteiger partial charge in [0.2, 0.25) is 0 Å². The lowest BCUT2D eigenvalue weighted by atomic mass is 10.1. The molecule has 0 unspecified atom stereocenters. The van der Waals surface area contributed by atoms with Gasteiger partial charge >= 0.3 is 10.3 Å². The zero-order valence-corrected chi connectivity index (χ0v) is 7.66. The highest BCUT2D eigenvalue weighted by atomic mass is 32.2. The van der Waals surface area contributed by atoms with Gasteiger partial charge in [-0.25, -0.2) is 0 Å². The first kappa shape index (κ1) is 8.68. The van der Waals surface area contributed by atoms with E-state index in [-0.39, 0.29) is 13.1 Å². The van der Waals surface area contributed by atoms with Crippen molar-refractivity contribution in [2.45, 2.75) is 13.1 Å². The molecule has 0 amide bonds. The normalized spacial score (nSPS) is 17.3. The highest BCUT2D eigenvalue weighted by Crippen LogP contribution is 2.23. The largest absolute Gasteiger partial charge is 0.336 e. The van der Waals surface area contributed by atoms with Crippen LogP contribution in [0.1, 0.15) is 11.1 Å². The zero-order valence-electron chi connectivity index (χ0n) is 6.84. The molecule has 0 spiro atoms. The Morgan fingerprint density at radius 2 is 1.62 bits per heavy atom. The summed E-state index contributed by atoms with van der Waals surface area (Å²) in [6.45, 7) is 0.546. The van der Waals surface area contributed by atoms with E-state index >= 15 is 0 Å². The molecule has 0 bridgehead atoms. The quantitative estimate of drug-likeness (QED) is 0.681. The summed E-state index contributed by atoms with van der Waals surface area (Å²) in [5.74, 6) is 0. The van der Waals surface area contributed by atoms with Gasteiger partial charge in [-0.15, -0.1) is 0 Å². The van der Waals surface area contributed by atoms with Gasteiger partial charge in [0, 0.05) is 13.1 Å². The Labute approximate surface area is 76.7 Å². The molecule has 70 valence electrons. The molecule has 1 aliphatic rings. The van der Waals surface area contributed by atoms with Crippen molar-refractivity contribution in [3.63, 3.8) is 0 Å². The number of fused-ring (bicyclic) bond motifs is 1. The molecule has 2 rings (SSSR count). The highest BCUT2D eigenvalue weighted by molar-refractivity contribution is 7.83. The molecule has 1 heterocycles. The van der Waals surface area contributed by atoms with Crippen molar-refractivity contribution < 1.29 is 13.0 Å². The Hall–Kier alpha value is -0.910. The first-order chi connectivity index (χ1) is 6.07. The number of hydrogen-bond donors (Lipinski definition) is 1. The number of hydrogen-bond acceptors (Lipinski definition) is 2. The number of rotatable bonds is 1. The molecule has 0 aromatic heterocycles. The van der Waals surface area contributed by atoms with Gasteiger partial charge < -0.3 is 0 Å². The van der Waals surface area contributed by atoms with Crippen LogP contribution in [0.25, 0.3) is 0 Å². The van der Waals surface area contributed by atoms with Crippen molar-refractivity contribution in [3.05, 3.63) is 35.4 Å². The van der Waals surface area contributed by atoms with Crippen molar-refractivity contribution in [1.82, 2.24) is 4.31 Å². The molecule has 1 aromatic rings. The van der Waals surface area contributed by atoms with Crippen LogP contribution in [0.2, 0.25) is 0 Å². The van der Waals surface area contributed by atoms with Gasteiger partial charge in [0.25, 0.3) is 0 Å². The molecule has 13 heavy (non-hydrogen) atoms. The Balaban J connectivity index is 2.33. The molecule has 0 aliphatic carbocycles. The van der Waals surface area contributed by atoms with Crippen LogP contribution in [0.4, 0.5) is 0 Å². The molecule has 1 aliphatic heterocycles. The smallest absolute Gasteiger partial charge is 0.273 e. The summed E-state index contributed by atoms with van der Waals surface area (Å²) in [5.41, 5.74) is 1.92. The first-order valence-corrected chi connectivity index (χ1v) is 5.26. The average Bonchev–Trinajstić information content (AvgIpc) is 2.45. The van der Waals surface area contributed by atoms with Crippen LogP contribution < -0.4 is 0 Å². The molecule has 0 fully saturated rings. The maximum absolute atomic E-state index is 10.8. The van der Waals surface area contributed by atoms with Crippen molar-refractivity contribution >= 4 is 10.3 Å². The van der Waals surface area contributed by atoms with E-state index in [2.05, 4.69) is 0 Å². The molecule has 1 N–H and O–H groups in total. The van der Waals surface area contributed by atoms with Crippen LogP contribution in [0, 0.1) is 0 Å². The highest BCUT2D eigenvalue weighted by Gasteiger charge is 2.26. The van der Waals surface area contributed by atoms with Gasteiger partial charge in [-0.05, 0) is 11.1 Å². The second-order valence-electron chi connectivity index (χ2n) is 3.01. The van der Waals surface area contributed by atoms with E-state index < -0.39 is 10.3 Å². The lowest BCUT2D eigenvalue weighted by Crippen LogP contribution is -2.24. The third-order valence-electron chi connectivity index (χ3n) is 2.14. The Morgan fingerprint density at radius 3 is 2.00 bits per heavy atom. The van der Waals surface area contributed by atoms with Gasteiger partial charge in [0.15, 0.2) is 0 Å². The summed E-state index contributed by atoms with van der Waals surface area (Å²) < 4.78 is 31.4. The number of benzene rings is 1. The predicted octanol–water partition coefficient (Wildman–Crippen LogP) is 0.805. The van der Waals surface area contributed by atoms with Crippen molar-refractivity contribution in [1.29, 1.82) is 0 Å². The molecule has 0 saturated carbocycles. The summed E-state index contributed by atoms with van der Waals surface area (Å²) in [5, 5.41) is 0. The minimum atomic E-state index is -4.04. The fraction of sp³-hybridized carbons (Fsp3) is 0.250. The maximum Gasteiger partial charge on any atom is 0.336 e. The Bertz CT molecular complexity index is 402. The second-order valence-corrected chi connectivity index (χ2v) is 4.43. The van der Waals surface area contributed by atoms with Crippen LogP contribution in [0.3, 0.4) is 0 Å². The van der Waals surface area contributed by atoms with Crippen LogP contribution >= 0.6 is 0 Å². The molecule has 0 atom stereocenters. The van der Waals surface area contributed by atoms with Gasteiger partial charge in [0.05, 0.1) is 0 Å². The number of nitrogens with zero attached hydrogens (tertiary/aromatic N) is 1. The standard InChI is InChI=1S/C8H9NO3S/c10-13(11,12)9-5-7-3-1-2-4-8(7)6-9/h1-4H,5-6H2,(H,10,11,12). The van der Waals surface area contributed by atoms with Crippen LogP contribution in [-0.4, -0.2) is 17.3 Å². The van der Waals surface area contributed by atoms with E-state index in [1.165, 1.54) is 0 Å². The fourth-order valence-electron chi connectivity index (χ4n) is 1.47. The second kappa shape index (κ2) is 2.80. The van der Waals surface area contributed by atoms with Crippen molar-refractivity contribution in [2.24, 2.45) is 0 Å². The summed E-state index contributed by atoms with van der Waals surface area (Å²) in [6, 6.07) is 7.43. The summed E-state index contributed by atoms with van der Waals surface area (Å²) in [4.78, 5) is 0. The summed E-state index contributed by atoms with van der Waals surface area (Å²) in [7, 11) is -4.04. The van der Waals surface area contributed by atoms with Gasteiger partial charge in [-0.1, -0.05) is 24.3 Å². The molecule has 4 nitrogen and oxygen atoms in total. The average molecular weight is 199 g/mol. The SMILES string of the molecule is O=S(=O)(O)N1Cc2ccccc2C1.